The molecule has 0 unspecified atom stereocenters. The summed E-state index contributed by atoms with van der Waals surface area (Å²) in [5.41, 5.74) is 8.19. The quantitative estimate of drug-likeness (QED) is 0.791. The number of nitrogens with zero attached hydrogens (tertiary/aromatic N) is 2. The lowest BCUT2D eigenvalue weighted by Gasteiger charge is -2.00. The van der Waals surface area contributed by atoms with Crippen molar-refractivity contribution < 1.29 is 0 Å². The van der Waals surface area contributed by atoms with Crippen LogP contribution in [0, 0.1) is 0 Å². The Morgan fingerprint density at radius 2 is 2.00 bits per heavy atom. The van der Waals surface area contributed by atoms with Gasteiger partial charge in [-0.2, -0.15) is 0 Å². The van der Waals surface area contributed by atoms with Crippen LogP contribution in [0.5, 0.6) is 0 Å². The van der Waals surface area contributed by atoms with Crippen LogP contribution in [0.1, 0.15) is 0 Å². The summed E-state index contributed by atoms with van der Waals surface area (Å²) in [6, 6.07) is 7.57. The Balaban J connectivity index is 2.44. The van der Waals surface area contributed by atoms with Gasteiger partial charge in [0.05, 0.1) is 18.1 Å². The maximum absolute atomic E-state index is 5.67. The Bertz CT molecular complexity index is 439. The number of halogens is 1. The van der Waals surface area contributed by atoms with Gasteiger partial charge >= 0.3 is 0 Å². The normalized spacial score (nSPS) is 10.1. The van der Waals surface area contributed by atoms with Crippen LogP contribution in [0.3, 0.4) is 0 Å². The van der Waals surface area contributed by atoms with Gasteiger partial charge in [-0.05, 0) is 28.1 Å². The Labute approximate surface area is 90.1 Å². The van der Waals surface area contributed by atoms with Gasteiger partial charge in [-0.15, -0.1) is 0 Å². The van der Waals surface area contributed by atoms with Gasteiger partial charge in [0, 0.05) is 11.3 Å². The molecule has 1 aromatic heterocycles. The number of anilines is 1. The van der Waals surface area contributed by atoms with Crippen molar-refractivity contribution in [3.8, 4) is 11.3 Å². The molecule has 70 valence electrons. The molecule has 0 bridgehead atoms. The Hall–Kier alpha value is -1.42. The minimum absolute atomic E-state index is 0.727. The fourth-order valence-corrected chi connectivity index (χ4v) is 1.36. The molecule has 0 radical (unpaired) electrons. The lowest BCUT2D eigenvalue weighted by atomic mass is 10.1. The molecule has 0 aliphatic carbocycles. The summed E-state index contributed by atoms with van der Waals surface area (Å²) in [4.78, 5) is 8.32. The molecular formula is C10H8BrN3. The topological polar surface area (TPSA) is 51.8 Å². The lowest BCUT2D eigenvalue weighted by molar-refractivity contribution is 1.17. The molecule has 0 fully saturated rings. The summed E-state index contributed by atoms with van der Waals surface area (Å²) >= 11 is 3.23. The number of nitrogen functional groups attached to an aromatic ring is 1. The van der Waals surface area contributed by atoms with Crippen molar-refractivity contribution in [2.24, 2.45) is 0 Å². The highest BCUT2D eigenvalue weighted by atomic mass is 79.9. The molecule has 0 amide bonds. The number of aromatic nitrogens is 2. The lowest BCUT2D eigenvalue weighted by Crippen LogP contribution is -1.88. The van der Waals surface area contributed by atoms with Gasteiger partial charge in [0.15, 0.2) is 0 Å². The zero-order valence-corrected chi connectivity index (χ0v) is 8.90. The van der Waals surface area contributed by atoms with Crippen molar-refractivity contribution in [1.82, 2.24) is 9.97 Å². The third-order valence-corrected chi connectivity index (χ3v) is 2.21. The van der Waals surface area contributed by atoms with Crippen molar-refractivity contribution in [2.45, 2.75) is 0 Å². The average molecular weight is 250 g/mol. The molecule has 0 saturated carbocycles. The van der Waals surface area contributed by atoms with E-state index in [-0.39, 0.29) is 0 Å². The summed E-state index contributed by atoms with van der Waals surface area (Å²) in [5, 5.41) is 0. The molecule has 0 saturated heterocycles. The smallest absolute Gasteiger partial charge is 0.124 e. The molecule has 3 nitrogen and oxygen atoms in total. The monoisotopic (exact) mass is 249 g/mol. The molecule has 0 spiro atoms. The SMILES string of the molecule is Nc1cccc(-c2cnc(Br)cn2)c1. The van der Waals surface area contributed by atoms with Crippen molar-refractivity contribution in [1.29, 1.82) is 0 Å². The standard InChI is InChI=1S/C10H8BrN3/c11-10-6-13-9(5-14-10)7-2-1-3-8(12)4-7/h1-6H,12H2. The van der Waals surface area contributed by atoms with Crippen LogP contribution >= 0.6 is 15.9 Å². The molecule has 1 aromatic carbocycles. The Kier molecular flexibility index (Phi) is 2.45. The molecule has 2 N–H and O–H groups in total. The molecule has 2 aromatic rings. The molecule has 0 aliphatic rings. The second kappa shape index (κ2) is 3.75. The Morgan fingerprint density at radius 3 is 2.64 bits per heavy atom. The van der Waals surface area contributed by atoms with E-state index in [4.69, 9.17) is 5.73 Å². The van der Waals surface area contributed by atoms with Crippen LogP contribution in [0.4, 0.5) is 5.69 Å². The first-order valence-electron chi connectivity index (χ1n) is 4.09. The summed E-state index contributed by atoms with van der Waals surface area (Å²) in [6.45, 7) is 0. The molecular weight excluding hydrogens is 242 g/mol. The van der Waals surface area contributed by atoms with Crippen molar-refractivity contribution in [3.63, 3.8) is 0 Å². The summed E-state index contributed by atoms with van der Waals surface area (Å²) in [6.07, 6.45) is 3.37. The van der Waals surface area contributed by atoms with Gasteiger partial charge in [0.2, 0.25) is 0 Å². The summed E-state index contributed by atoms with van der Waals surface area (Å²) in [5.74, 6) is 0. The second-order valence-corrected chi connectivity index (χ2v) is 3.66. The summed E-state index contributed by atoms with van der Waals surface area (Å²) < 4.78 is 0.727. The predicted molar refractivity (Wildman–Crippen MR) is 59.6 cm³/mol. The molecule has 2 rings (SSSR count). The van der Waals surface area contributed by atoms with Crippen molar-refractivity contribution in [2.75, 3.05) is 5.73 Å². The first-order valence-corrected chi connectivity index (χ1v) is 4.88. The second-order valence-electron chi connectivity index (χ2n) is 2.85. The molecule has 1 heterocycles. The van der Waals surface area contributed by atoms with E-state index in [1.165, 1.54) is 0 Å². The van der Waals surface area contributed by atoms with E-state index in [9.17, 15) is 0 Å². The average Bonchev–Trinajstić information content (AvgIpc) is 2.19. The van der Waals surface area contributed by atoms with Gasteiger partial charge in [-0.3, -0.25) is 4.98 Å². The first-order chi connectivity index (χ1) is 6.75. The number of nitrogens with two attached hydrogens (primary N) is 1. The van der Waals surface area contributed by atoms with Crippen LogP contribution in [-0.4, -0.2) is 9.97 Å². The van der Waals surface area contributed by atoms with E-state index in [1.807, 2.05) is 24.3 Å². The zero-order chi connectivity index (χ0) is 9.97. The fourth-order valence-electron chi connectivity index (χ4n) is 1.16. The highest BCUT2D eigenvalue weighted by Crippen LogP contribution is 2.18. The molecule has 4 heteroatoms. The van der Waals surface area contributed by atoms with Crippen LogP contribution in [0.15, 0.2) is 41.3 Å². The van der Waals surface area contributed by atoms with Gasteiger partial charge in [-0.1, -0.05) is 12.1 Å². The van der Waals surface area contributed by atoms with Crippen LogP contribution in [-0.2, 0) is 0 Å². The van der Waals surface area contributed by atoms with Crippen LogP contribution in [0.25, 0.3) is 11.3 Å². The molecule has 14 heavy (non-hydrogen) atoms. The zero-order valence-electron chi connectivity index (χ0n) is 7.31. The van der Waals surface area contributed by atoms with Gasteiger partial charge in [0.1, 0.15) is 4.60 Å². The van der Waals surface area contributed by atoms with E-state index in [1.54, 1.807) is 12.4 Å². The van der Waals surface area contributed by atoms with Crippen LogP contribution < -0.4 is 5.73 Å². The fraction of sp³-hybridized carbons (Fsp3) is 0. The predicted octanol–water partition coefficient (Wildman–Crippen LogP) is 2.49. The number of benzene rings is 1. The largest absolute Gasteiger partial charge is 0.399 e. The first kappa shape index (κ1) is 9.15. The highest BCUT2D eigenvalue weighted by molar-refractivity contribution is 9.10. The van der Waals surface area contributed by atoms with E-state index < -0.39 is 0 Å². The van der Waals surface area contributed by atoms with E-state index >= 15 is 0 Å². The number of rotatable bonds is 1. The summed E-state index contributed by atoms with van der Waals surface area (Å²) in [7, 11) is 0. The minimum atomic E-state index is 0.727. The van der Waals surface area contributed by atoms with Gasteiger partial charge in [0.25, 0.3) is 0 Å². The minimum Gasteiger partial charge on any atom is -0.399 e. The highest BCUT2D eigenvalue weighted by Gasteiger charge is 1.99. The van der Waals surface area contributed by atoms with Crippen molar-refractivity contribution >= 4 is 21.6 Å². The number of hydrogen-bond donors (Lipinski definition) is 1. The maximum atomic E-state index is 5.67. The third-order valence-electron chi connectivity index (χ3n) is 1.80. The molecule has 0 aliphatic heterocycles. The van der Waals surface area contributed by atoms with E-state index in [0.29, 0.717) is 0 Å². The van der Waals surface area contributed by atoms with Gasteiger partial charge < -0.3 is 5.73 Å². The maximum Gasteiger partial charge on any atom is 0.124 e. The van der Waals surface area contributed by atoms with Crippen LogP contribution in [0.2, 0.25) is 0 Å². The van der Waals surface area contributed by atoms with E-state index in [0.717, 1.165) is 21.5 Å². The van der Waals surface area contributed by atoms with Gasteiger partial charge in [-0.25, -0.2) is 4.98 Å². The number of hydrogen-bond acceptors (Lipinski definition) is 3. The third kappa shape index (κ3) is 1.90. The van der Waals surface area contributed by atoms with E-state index in [2.05, 4.69) is 25.9 Å². The Morgan fingerprint density at radius 1 is 1.14 bits per heavy atom. The van der Waals surface area contributed by atoms with Crippen molar-refractivity contribution in [3.05, 3.63) is 41.3 Å². The molecule has 0 atom stereocenters.